The minimum Gasteiger partial charge on any atom is -0.461 e. The minimum absolute atomic E-state index is 0. The van der Waals surface area contributed by atoms with Gasteiger partial charge in [0.15, 0.2) is 0 Å². The first kappa shape index (κ1) is 23.9. The van der Waals surface area contributed by atoms with Crippen LogP contribution < -0.4 is 16.8 Å². The van der Waals surface area contributed by atoms with Crippen molar-refractivity contribution in [3.63, 3.8) is 0 Å². The van der Waals surface area contributed by atoms with E-state index < -0.39 is 29.9 Å². The number of benzene rings is 1. The summed E-state index contributed by atoms with van der Waals surface area (Å²) in [5, 5.41) is 2.51. The molecule has 3 atom stereocenters. The van der Waals surface area contributed by atoms with Crippen LogP contribution in [-0.2, 0) is 25.7 Å². The zero-order chi connectivity index (χ0) is 18.8. The first-order valence-electron chi connectivity index (χ1n) is 8.40. The fourth-order valence-corrected chi connectivity index (χ4v) is 2.14. The summed E-state index contributed by atoms with van der Waals surface area (Å²) < 4.78 is 5.14. The number of nitrogens with one attached hydrogen (secondary N) is 1. The van der Waals surface area contributed by atoms with Crippen LogP contribution in [0.3, 0.4) is 0 Å². The number of hydrogen-bond acceptors (Lipinski definition) is 5. The van der Waals surface area contributed by atoms with E-state index in [0.29, 0.717) is 0 Å². The van der Waals surface area contributed by atoms with E-state index >= 15 is 0 Å². The Morgan fingerprint density at radius 2 is 1.81 bits per heavy atom. The van der Waals surface area contributed by atoms with E-state index in [1.165, 1.54) is 0 Å². The lowest BCUT2D eigenvalue weighted by atomic mass is 9.99. The van der Waals surface area contributed by atoms with Crippen molar-refractivity contribution in [2.45, 2.75) is 51.8 Å². The normalized spacial score (nSPS) is 13.7. The number of halogens is 1. The molecule has 0 heterocycles. The zero-order valence-electron chi connectivity index (χ0n) is 15.1. The molecule has 1 aromatic carbocycles. The summed E-state index contributed by atoms with van der Waals surface area (Å²) >= 11 is 0. The van der Waals surface area contributed by atoms with Gasteiger partial charge in [-0.15, -0.1) is 12.4 Å². The summed E-state index contributed by atoms with van der Waals surface area (Å²) in [5.41, 5.74) is 12.0. The van der Waals surface area contributed by atoms with E-state index in [9.17, 15) is 14.4 Å². The Balaban J connectivity index is 0.00000625. The summed E-state index contributed by atoms with van der Waals surface area (Å²) in [6.07, 6.45) is 0.781. The number of rotatable bonds is 10. The van der Waals surface area contributed by atoms with Gasteiger partial charge in [-0.1, -0.05) is 50.6 Å². The molecule has 26 heavy (non-hydrogen) atoms. The van der Waals surface area contributed by atoms with Gasteiger partial charge in [0.05, 0.1) is 6.04 Å². The lowest BCUT2D eigenvalue weighted by molar-refractivity contribution is -0.145. The van der Waals surface area contributed by atoms with Crippen LogP contribution in [0.25, 0.3) is 0 Å². The van der Waals surface area contributed by atoms with Gasteiger partial charge in [-0.3, -0.25) is 14.4 Å². The highest BCUT2D eigenvalue weighted by Gasteiger charge is 2.25. The molecule has 0 radical (unpaired) electrons. The molecule has 8 heteroatoms. The summed E-state index contributed by atoms with van der Waals surface area (Å²) in [5.74, 6) is -1.64. The van der Waals surface area contributed by atoms with Gasteiger partial charge >= 0.3 is 5.97 Å². The average Bonchev–Trinajstić information content (AvgIpc) is 2.62. The standard InChI is InChI=1S/C18H27N3O4.ClH/c1-3-12(2)16(19)18(24)21-14(17(20)23)9-10-15(22)25-11-13-7-5-4-6-8-13;/h4-8,12,14,16H,3,9-11,19H2,1-2H3,(H2,20,23)(H,21,24);1H. The third-order valence-electron chi connectivity index (χ3n) is 4.10. The largest absolute Gasteiger partial charge is 0.461 e. The van der Waals surface area contributed by atoms with Gasteiger partial charge in [0.25, 0.3) is 0 Å². The smallest absolute Gasteiger partial charge is 0.306 e. The van der Waals surface area contributed by atoms with Crippen LogP contribution >= 0.6 is 12.4 Å². The number of esters is 1. The highest BCUT2D eigenvalue weighted by molar-refractivity contribution is 5.89. The number of carbonyl (C=O) groups is 3. The van der Waals surface area contributed by atoms with Crippen LogP contribution in [0.1, 0.15) is 38.7 Å². The van der Waals surface area contributed by atoms with Crippen LogP contribution in [0, 0.1) is 5.92 Å². The first-order valence-corrected chi connectivity index (χ1v) is 8.40. The number of ether oxygens (including phenoxy) is 1. The van der Waals surface area contributed by atoms with Crippen molar-refractivity contribution < 1.29 is 19.1 Å². The molecule has 7 nitrogen and oxygen atoms in total. The zero-order valence-corrected chi connectivity index (χ0v) is 16.0. The molecule has 0 saturated heterocycles. The van der Waals surface area contributed by atoms with E-state index in [4.69, 9.17) is 16.2 Å². The van der Waals surface area contributed by atoms with E-state index in [2.05, 4.69) is 5.32 Å². The Labute approximate surface area is 160 Å². The number of primary amides is 1. The molecule has 1 aromatic rings. The molecular formula is C18H28ClN3O4. The Bertz CT molecular complexity index is 583. The third kappa shape index (κ3) is 8.31. The molecule has 2 amide bonds. The second-order valence-electron chi connectivity index (χ2n) is 6.06. The monoisotopic (exact) mass is 385 g/mol. The van der Waals surface area contributed by atoms with Gasteiger partial charge in [0.1, 0.15) is 12.6 Å². The van der Waals surface area contributed by atoms with Crippen molar-refractivity contribution in [1.82, 2.24) is 5.32 Å². The maximum Gasteiger partial charge on any atom is 0.306 e. The molecular weight excluding hydrogens is 358 g/mol. The van der Waals surface area contributed by atoms with E-state index in [1.54, 1.807) is 0 Å². The van der Waals surface area contributed by atoms with Crippen LogP contribution in [0.15, 0.2) is 30.3 Å². The number of nitrogens with two attached hydrogens (primary N) is 2. The van der Waals surface area contributed by atoms with Crippen LogP contribution in [0.4, 0.5) is 0 Å². The predicted octanol–water partition coefficient (Wildman–Crippen LogP) is 1.28. The van der Waals surface area contributed by atoms with Crippen LogP contribution in [-0.4, -0.2) is 29.9 Å². The number of hydrogen-bond donors (Lipinski definition) is 3. The SMILES string of the molecule is CCC(C)C(N)C(=O)NC(CCC(=O)OCc1ccccc1)C(N)=O.Cl. The molecule has 0 aliphatic carbocycles. The number of carbonyl (C=O) groups excluding carboxylic acids is 3. The van der Waals surface area contributed by atoms with Gasteiger partial charge in [0.2, 0.25) is 11.8 Å². The third-order valence-corrected chi connectivity index (χ3v) is 4.10. The van der Waals surface area contributed by atoms with Crippen molar-refractivity contribution in [2.75, 3.05) is 0 Å². The Morgan fingerprint density at radius 3 is 2.35 bits per heavy atom. The quantitative estimate of drug-likeness (QED) is 0.523. The molecule has 0 saturated carbocycles. The Morgan fingerprint density at radius 1 is 1.19 bits per heavy atom. The molecule has 0 spiro atoms. The van der Waals surface area contributed by atoms with Crippen molar-refractivity contribution in [1.29, 1.82) is 0 Å². The second kappa shape index (κ2) is 12.3. The van der Waals surface area contributed by atoms with Crippen molar-refractivity contribution in [2.24, 2.45) is 17.4 Å². The highest BCUT2D eigenvalue weighted by Crippen LogP contribution is 2.08. The maximum absolute atomic E-state index is 12.1. The summed E-state index contributed by atoms with van der Waals surface area (Å²) in [6, 6.07) is 7.58. The van der Waals surface area contributed by atoms with Gasteiger partial charge in [0, 0.05) is 6.42 Å². The first-order chi connectivity index (χ1) is 11.8. The molecule has 0 bridgehead atoms. The molecule has 3 unspecified atom stereocenters. The average molecular weight is 386 g/mol. The molecule has 1 rings (SSSR count). The fraction of sp³-hybridized carbons (Fsp3) is 0.500. The predicted molar refractivity (Wildman–Crippen MR) is 101 cm³/mol. The van der Waals surface area contributed by atoms with Crippen molar-refractivity contribution in [3.8, 4) is 0 Å². The molecule has 5 N–H and O–H groups in total. The topological polar surface area (TPSA) is 125 Å². The summed E-state index contributed by atoms with van der Waals surface area (Å²) in [6.45, 7) is 3.93. The van der Waals surface area contributed by atoms with E-state index in [0.717, 1.165) is 12.0 Å². The van der Waals surface area contributed by atoms with Crippen molar-refractivity contribution >= 4 is 30.2 Å². The van der Waals surface area contributed by atoms with Crippen molar-refractivity contribution in [3.05, 3.63) is 35.9 Å². The lowest BCUT2D eigenvalue weighted by Crippen LogP contribution is -2.52. The van der Waals surface area contributed by atoms with Gasteiger partial charge in [-0.2, -0.15) is 0 Å². The Kier molecular flexibility index (Phi) is 11.3. The fourth-order valence-electron chi connectivity index (χ4n) is 2.14. The van der Waals surface area contributed by atoms with E-state index in [1.807, 2.05) is 44.2 Å². The second-order valence-corrected chi connectivity index (χ2v) is 6.06. The van der Waals surface area contributed by atoms with Gasteiger partial charge in [-0.25, -0.2) is 0 Å². The summed E-state index contributed by atoms with van der Waals surface area (Å²) in [7, 11) is 0. The molecule has 0 aliphatic rings. The Hall–Kier alpha value is -2.12. The van der Waals surface area contributed by atoms with Crippen LogP contribution in [0.5, 0.6) is 0 Å². The highest BCUT2D eigenvalue weighted by atomic mass is 35.5. The molecule has 0 aliphatic heterocycles. The molecule has 0 fully saturated rings. The maximum atomic E-state index is 12.1. The van der Waals surface area contributed by atoms with Gasteiger partial charge < -0.3 is 21.5 Å². The lowest BCUT2D eigenvalue weighted by Gasteiger charge is -2.21. The van der Waals surface area contributed by atoms with Gasteiger partial charge in [-0.05, 0) is 17.9 Å². The summed E-state index contributed by atoms with van der Waals surface area (Å²) in [4.78, 5) is 35.4. The number of amides is 2. The van der Waals surface area contributed by atoms with E-state index in [-0.39, 0.29) is 37.8 Å². The van der Waals surface area contributed by atoms with Crippen LogP contribution in [0.2, 0.25) is 0 Å². The minimum atomic E-state index is -0.952. The molecule has 146 valence electrons. The molecule has 0 aromatic heterocycles.